The van der Waals surface area contributed by atoms with Crippen molar-refractivity contribution in [3.8, 4) is 0 Å². The number of likely N-dealkylation sites (N-methyl/N-ethyl adjacent to an activating group) is 1. The Hall–Kier alpha value is -2.37. The van der Waals surface area contributed by atoms with E-state index in [1.165, 1.54) is 0 Å². The molecule has 1 aliphatic rings. The Balaban J connectivity index is 1.58. The van der Waals surface area contributed by atoms with Crippen LogP contribution in [-0.2, 0) is 4.84 Å². The maximum absolute atomic E-state index is 5.94. The van der Waals surface area contributed by atoms with Crippen LogP contribution in [0.5, 0.6) is 0 Å². The van der Waals surface area contributed by atoms with Crippen LogP contribution in [0.4, 0.5) is 5.69 Å². The van der Waals surface area contributed by atoms with Gasteiger partial charge in [0.15, 0.2) is 0 Å². The summed E-state index contributed by atoms with van der Waals surface area (Å²) < 4.78 is 0. The number of piperazine rings is 1. The molecule has 0 bridgehead atoms. The Morgan fingerprint density at radius 2 is 1.73 bits per heavy atom. The van der Waals surface area contributed by atoms with Crippen molar-refractivity contribution in [1.82, 2.24) is 9.80 Å². The lowest BCUT2D eigenvalue weighted by Gasteiger charge is -2.32. The van der Waals surface area contributed by atoms with Crippen LogP contribution in [0, 0.1) is 0 Å². The lowest BCUT2D eigenvalue weighted by Crippen LogP contribution is -2.44. The molecule has 0 unspecified atom stereocenters. The van der Waals surface area contributed by atoms with Gasteiger partial charge in [0.1, 0.15) is 12.3 Å². The molecule has 1 aliphatic heterocycles. The van der Waals surface area contributed by atoms with E-state index in [2.05, 4.69) is 22.0 Å². The lowest BCUT2D eigenvalue weighted by molar-refractivity contribution is 0.111. The molecule has 0 amide bonds. The Morgan fingerprint density at radius 3 is 2.46 bits per heavy atom. The van der Waals surface area contributed by atoms with E-state index in [0.29, 0.717) is 6.61 Å². The molecule has 0 radical (unpaired) electrons. The first kappa shape index (κ1) is 18.4. The summed E-state index contributed by atoms with van der Waals surface area (Å²) >= 11 is 0. The summed E-state index contributed by atoms with van der Waals surface area (Å²) in [5.41, 5.74) is 9.47. The number of nitrogens with zero attached hydrogens (tertiary/aromatic N) is 3. The molecule has 2 aromatic carbocycles. The monoisotopic (exact) mass is 352 g/mol. The quantitative estimate of drug-likeness (QED) is 0.360. The first-order valence-electron chi connectivity index (χ1n) is 9.24. The number of anilines is 1. The molecule has 0 aliphatic carbocycles. The van der Waals surface area contributed by atoms with Gasteiger partial charge in [-0.2, -0.15) is 0 Å². The molecule has 1 heterocycles. The summed E-state index contributed by atoms with van der Waals surface area (Å²) in [5, 5.41) is 4.43. The summed E-state index contributed by atoms with van der Waals surface area (Å²) in [6.45, 7) is 6.24. The van der Waals surface area contributed by atoms with Crippen LogP contribution >= 0.6 is 0 Å². The minimum absolute atomic E-state index is 0.616. The molecule has 0 atom stereocenters. The number of nitrogen functional groups attached to an aromatic ring is 1. The third-order valence-corrected chi connectivity index (χ3v) is 4.67. The van der Waals surface area contributed by atoms with Crippen LogP contribution < -0.4 is 5.73 Å². The van der Waals surface area contributed by atoms with Gasteiger partial charge in [0.05, 0.1) is 0 Å². The number of rotatable bonds is 7. The zero-order chi connectivity index (χ0) is 18.2. The van der Waals surface area contributed by atoms with E-state index >= 15 is 0 Å². The zero-order valence-electron chi connectivity index (χ0n) is 15.5. The average Bonchev–Trinajstić information content (AvgIpc) is 2.67. The lowest BCUT2D eigenvalue weighted by atomic mass is 10.0. The highest BCUT2D eigenvalue weighted by Crippen LogP contribution is 2.14. The summed E-state index contributed by atoms with van der Waals surface area (Å²) in [4.78, 5) is 10.5. The highest BCUT2D eigenvalue weighted by Gasteiger charge is 2.13. The Kier molecular flexibility index (Phi) is 6.63. The molecule has 2 N–H and O–H groups in total. The molecule has 1 saturated heterocycles. The van der Waals surface area contributed by atoms with Gasteiger partial charge in [0, 0.05) is 49.5 Å². The molecule has 1 fully saturated rings. The van der Waals surface area contributed by atoms with Gasteiger partial charge in [-0.3, -0.25) is 0 Å². The van der Waals surface area contributed by atoms with E-state index in [4.69, 9.17) is 10.6 Å². The summed E-state index contributed by atoms with van der Waals surface area (Å²) in [6.07, 6.45) is 0.978. The Labute approximate surface area is 156 Å². The van der Waals surface area contributed by atoms with Gasteiger partial charge in [-0.15, -0.1) is 0 Å². The number of hydrogen-bond donors (Lipinski definition) is 1. The first-order chi connectivity index (χ1) is 12.7. The molecule has 138 valence electrons. The van der Waals surface area contributed by atoms with Crippen LogP contribution in [0.3, 0.4) is 0 Å². The first-order valence-corrected chi connectivity index (χ1v) is 9.24. The van der Waals surface area contributed by atoms with Crippen molar-refractivity contribution >= 4 is 11.4 Å². The second-order valence-corrected chi connectivity index (χ2v) is 6.76. The molecular formula is C21H28N4O. The molecule has 26 heavy (non-hydrogen) atoms. The van der Waals surface area contributed by atoms with Crippen molar-refractivity contribution < 1.29 is 4.84 Å². The van der Waals surface area contributed by atoms with Gasteiger partial charge < -0.3 is 20.4 Å². The summed E-state index contributed by atoms with van der Waals surface area (Å²) in [7, 11) is 2.18. The molecular weight excluding hydrogens is 324 g/mol. The van der Waals surface area contributed by atoms with E-state index in [9.17, 15) is 0 Å². The van der Waals surface area contributed by atoms with Crippen molar-refractivity contribution in [3.63, 3.8) is 0 Å². The fourth-order valence-corrected chi connectivity index (χ4v) is 3.09. The second kappa shape index (κ2) is 9.36. The molecule has 0 saturated carbocycles. The average molecular weight is 352 g/mol. The molecule has 0 aromatic heterocycles. The summed E-state index contributed by atoms with van der Waals surface area (Å²) in [5.74, 6) is 0. The highest BCUT2D eigenvalue weighted by molar-refractivity contribution is 6.12. The Morgan fingerprint density at radius 1 is 1.00 bits per heavy atom. The van der Waals surface area contributed by atoms with Gasteiger partial charge in [-0.05, 0) is 25.6 Å². The molecule has 5 heteroatoms. The maximum Gasteiger partial charge on any atom is 0.118 e. The minimum atomic E-state index is 0.616. The van der Waals surface area contributed by atoms with Crippen LogP contribution in [0.25, 0.3) is 0 Å². The third kappa shape index (κ3) is 5.31. The van der Waals surface area contributed by atoms with Gasteiger partial charge in [-0.1, -0.05) is 47.6 Å². The molecule has 0 spiro atoms. The molecule has 3 rings (SSSR count). The van der Waals surface area contributed by atoms with Crippen molar-refractivity contribution in [2.75, 3.05) is 52.1 Å². The topological polar surface area (TPSA) is 54.1 Å². The normalized spacial score (nSPS) is 16.6. The van der Waals surface area contributed by atoms with E-state index in [1.807, 2.05) is 54.6 Å². The maximum atomic E-state index is 5.94. The third-order valence-electron chi connectivity index (χ3n) is 4.67. The van der Waals surface area contributed by atoms with Crippen molar-refractivity contribution in [2.45, 2.75) is 6.42 Å². The van der Waals surface area contributed by atoms with Crippen LogP contribution in [0.1, 0.15) is 17.5 Å². The van der Waals surface area contributed by atoms with Crippen molar-refractivity contribution in [2.24, 2.45) is 5.16 Å². The number of hydrogen-bond acceptors (Lipinski definition) is 5. The van der Waals surface area contributed by atoms with Crippen LogP contribution in [0.2, 0.25) is 0 Å². The van der Waals surface area contributed by atoms with Crippen LogP contribution in [0.15, 0.2) is 59.8 Å². The predicted octanol–water partition coefficient (Wildman–Crippen LogP) is 2.68. The largest absolute Gasteiger partial charge is 0.399 e. The second-order valence-electron chi connectivity index (χ2n) is 6.76. The van der Waals surface area contributed by atoms with E-state index in [-0.39, 0.29) is 0 Å². The fourth-order valence-electron chi connectivity index (χ4n) is 3.09. The predicted molar refractivity (Wildman–Crippen MR) is 107 cm³/mol. The Bertz CT molecular complexity index is 709. The van der Waals surface area contributed by atoms with E-state index in [0.717, 1.165) is 61.7 Å². The zero-order valence-corrected chi connectivity index (χ0v) is 15.5. The van der Waals surface area contributed by atoms with Gasteiger partial charge in [0.25, 0.3) is 0 Å². The van der Waals surface area contributed by atoms with Gasteiger partial charge in [-0.25, -0.2) is 0 Å². The fraction of sp³-hybridized carbons (Fsp3) is 0.381. The van der Waals surface area contributed by atoms with Crippen molar-refractivity contribution in [1.29, 1.82) is 0 Å². The van der Waals surface area contributed by atoms with Gasteiger partial charge in [0.2, 0.25) is 0 Å². The van der Waals surface area contributed by atoms with Crippen molar-refractivity contribution in [3.05, 3.63) is 65.7 Å². The highest BCUT2D eigenvalue weighted by atomic mass is 16.6. The number of oxime groups is 1. The van der Waals surface area contributed by atoms with E-state index in [1.54, 1.807) is 0 Å². The SMILES string of the molecule is CN1CCN(CCCO/N=C(/c2ccccc2)c2cccc(N)c2)CC1. The summed E-state index contributed by atoms with van der Waals surface area (Å²) in [6, 6.07) is 17.8. The van der Waals surface area contributed by atoms with Gasteiger partial charge >= 0.3 is 0 Å². The number of benzene rings is 2. The van der Waals surface area contributed by atoms with Crippen LogP contribution in [-0.4, -0.2) is 61.9 Å². The van der Waals surface area contributed by atoms with E-state index < -0.39 is 0 Å². The minimum Gasteiger partial charge on any atom is -0.399 e. The molecule has 5 nitrogen and oxygen atoms in total. The number of nitrogens with two attached hydrogens (primary N) is 1. The molecule has 2 aromatic rings. The smallest absolute Gasteiger partial charge is 0.118 e. The standard InChI is InChI=1S/C21H28N4O/c1-24-12-14-25(15-13-24)11-6-16-26-23-21(18-7-3-2-4-8-18)19-9-5-10-20(22)17-19/h2-5,7-10,17H,6,11-16,22H2,1H3/b23-21-.